The molecule has 0 unspecified atom stereocenters. The first-order valence-electron chi connectivity index (χ1n) is 15.4. The summed E-state index contributed by atoms with van der Waals surface area (Å²) in [4.78, 5) is 28.1. The van der Waals surface area contributed by atoms with Crippen LogP contribution >= 0.6 is 23.2 Å². The van der Waals surface area contributed by atoms with Gasteiger partial charge in [-0.3, -0.25) is 4.79 Å². The number of carbonyl (C=O) groups is 1. The molecule has 2 aliphatic heterocycles. The third-order valence-corrected chi connectivity index (χ3v) is 9.79. The van der Waals surface area contributed by atoms with Crippen molar-refractivity contribution in [3.63, 3.8) is 0 Å². The Morgan fingerprint density at radius 2 is 1.61 bits per heavy atom. The van der Waals surface area contributed by atoms with Crippen LogP contribution in [0, 0.1) is 27.7 Å². The third kappa shape index (κ3) is 5.75. The second-order valence-electron chi connectivity index (χ2n) is 12.1. The SMILES string of the molecule is Cc1cc(OCCCc2c3n(c4c(-c5c(C)nc(N6CCN(C)CC6)nc5C)c(Cl)ccc24)CCCNC3=O)cc(C)c1Cl. The van der Waals surface area contributed by atoms with Crippen molar-refractivity contribution in [3.8, 4) is 16.9 Å². The van der Waals surface area contributed by atoms with Crippen molar-refractivity contribution in [2.24, 2.45) is 0 Å². The molecule has 1 fully saturated rings. The van der Waals surface area contributed by atoms with Gasteiger partial charge in [0.05, 0.1) is 28.5 Å². The zero-order chi connectivity index (χ0) is 31.1. The Labute approximate surface area is 269 Å². The fourth-order valence-corrected chi connectivity index (χ4v) is 6.98. The lowest BCUT2D eigenvalue weighted by molar-refractivity contribution is 0.0950. The predicted octanol–water partition coefficient (Wildman–Crippen LogP) is 6.54. The molecule has 2 aromatic carbocycles. The molecule has 0 saturated carbocycles. The maximum Gasteiger partial charge on any atom is 0.268 e. The molecule has 2 aromatic heterocycles. The van der Waals surface area contributed by atoms with Gasteiger partial charge in [0.2, 0.25) is 5.95 Å². The van der Waals surface area contributed by atoms with E-state index in [1.807, 2.05) is 45.9 Å². The molecule has 1 amide bonds. The van der Waals surface area contributed by atoms with E-state index in [0.717, 1.165) is 112 Å². The molecule has 1 saturated heterocycles. The molecule has 2 aliphatic rings. The number of hydrogen-bond acceptors (Lipinski definition) is 6. The minimum atomic E-state index is -0.0456. The standard InChI is InChI=1S/C34H40Cl2N6O2/c1-20-18-24(19-21(2)30(20)36)44-17-6-8-25-26-9-10-27(35)29(31(26)42-12-7-11-37-33(43)32(25)42)28-22(3)38-34(39-23(28)4)41-15-13-40(5)14-16-41/h9-10,18-19H,6-8,11-17H2,1-5H3,(H,37,43). The lowest BCUT2D eigenvalue weighted by Crippen LogP contribution is -2.45. The zero-order valence-electron chi connectivity index (χ0n) is 26.2. The molecule has 44 heavy (non-hydrogen) atoms. The quantitative estimate of drug-likeness (QED) is 0.233. The minimum Gasteiger partial charge on any atom is -0.494 e. The Morgan fingerprint density at radius 1 is 0.932 bits per heavy atom. The Bertz CT molecular complexity index is 1700. The van der Waals surface area contributed by atoms with Crippen LogP contribution in [0.15, 0.2) is 24.3 Å². The summed E-state index contributed by atoms with van der Waals surface area (Å²) in [6, 6.07) is 7.95. The van der Waals surface area contributed by atoms with Crippen LogP contribution in [0.5, 0.6) is 5.75 Å². The van der Waals surface area contributed by atoms with Gasteiger partial charge in [0.1, 0.15) is 11.4 Å². The number of ether oxygens (including phenoxy) is 1. The summed E-state index contributed by atoms with van der Waals surface area (Å²) < 4.78 is 8.30. The molecule has 0 atom stereocenters. The van der Waals surface area contributed by atoms with Crippen LogP contribution in [0.1, 0.15) is 51.4 Å². The molecule has 6 rings (SSSR count). The third-order valence-electron chi connectivity index (χ3n) is 8.88. The van der Waals surface area contributed by atoms with Crippen LogP contribution in [0.25, 0.3) is 22.0 Å². The fraction of sp³-hybridized carbons (Fsp3) is 0.441. The van der Waals surface area contributed by atoms with Gasteiger partial charge >= 0.3 is 0 Å². The average Bonchev–Trinajstić information content (AvgIpc) is 3.17. The highest BCUT2D eigenvalue weighted by Gasteiger charge is 2.29. The van der Waals surface area contributed by atoms with Crippen molar-refractivity contribution in [1.29, 1.82) is 0 Å². The van der Waals surface area contributed by atoms with E-state index in [1.54, 1.807) is 0 Å². The normalized spacial score (nSPS) is 15.8. The molecular formula is C34H40Cl2N6O2. The number of rotatable bonds is 7. The Balaban J connectivity index is 1.38. The minimum absolute atomic E-state index is 0.0456. The Kier molecular flexibility index (Phi) is 8.77. The molecule has 10 heteroatoms. The van der Waals surface area contributed by atoms with E-state index in [-0.39, 0.29) is 5.91 Å². The molecule has 0 aliphatic carbocycles. The molecular weight excluding hydrogens is 595 g/mol. The average molecular weight is 636 g/mol. The number of aromatic nitrogens is 3. The smallest absolute Gasteiger partial charge is 0.268 e. The van der Waals surface area contributed by atoms with Crippen LogP contribution in [0.4, 0.5) is 5.95 Å². The van der Waals surface area contributed by atoms with E-state index >= 15 is 0 Å². The van der Waals surface area contributed by atoms with Crippen LogP contribution in [0.2, 0.25) is 10.0 Å². The topological polar surface area (TPSA) is 75.5 Å². The maximum atomic E-state index is 13.5. The number of amides is 1. The van der Waals surface area contributed by atoms with Crippen molar-refractivity contribution in [2.75, 3.05) is 51.3 Å². The first-order chi connectivity index (χ1) is 21.1. The summed E-state index contributed by atoms with van der Waals surface area (Å²) in [5, 5.41) is 5.55. The van der Waals surface area contributed by atoms with Gasteiger partial charge in [-0.25, -0.2) is 9.97 Å². The van der Waals surface area contributed by atoms with E-state index in [4.69, 9.17) is 37.9 Å². The number of aryl methyl sites for hydroxylation is 6. The lowest BCUT2D eigenvalue weighted by Gasteiger charge is -2.32. The maximum absolute atomic E-state index is 13.5. The van der Waals surface area contributed by atoms with E-state index in [1.165, 1.54) is 0 Å². The molecule has 4 aromatic rings. The number of benzene rings is 2. The molecule has 232 valence electrons. The first-order valence-corrected chi connectivity index (χ1v) is 16.2. The fourth-order valence-electron chi connectivity index (χ4n) is 6.63. The number of carbonyl (C=O) groups excluding carboxylic acids is 1. The summed E-state index contributed by atoms with van der Waals surface area (Å²) >= 11 is 13.4. The van der Waals surface area contributed by atoms with E-state index < -0.39 is 0 Å². The monoisotopic (exact) mass is 634 g/mol. The van der Waals surface area contributed by atoms with E-state index in [0.29, 0.717) is 30.3 Å². The molecule has 0 bridgehead atoms. The van der Waals surface area contributed by atoms with Gasteiger partial charge in [0.15, 0.2) is 0 Å². The van der Waals surface area contributed by atoms with Crippen molar-refractivity contribution < 1.29 is 9.53 Å². The zero-order valence-corrected chi connectivity index (χ0v) is 27.7. The summed E-state index contributed by atoms with van der Waals surface area (Å²) in [5.74, 6) is 1.53. The molecule has 1 N–H and O–H groups in total. The first kappa shape index (κ1) is 30.7. The summed E-state index contributed by atoms with van der Waals surface area (Å²) in [7, 11) is 2.14. The highest BCUT2D eigenvalue weighted by Crippen LogP contribution is 2.42. The molecule has 0 spiro atoms. The summed E-state index contributed by atoms with van der Waals surface area (Å²) in [6.45, 7) is 13.7. The number of anilines is 1. The van der Waals surface area contributed by atoms with Crippen molar-refractivity contribution >= 4 is 46.0 Å². The number of nitrogens with zero attached hydrogens (tertiary/aromatic N) is 5. The second-order valence-corrected chi connectivity index (χ2v) is 12.9. The van der Waals surface area contributed by atoms with Gasteiger partial charge in [-0.2, -0.15) is 0 Å². The lowest BCUT2D eigenvalue weighted by atomic mass is 9.97. The van der Waals surface area contributed by atoms with Crippen molar-refractivity contribution in [3.05, 3.63) is 68.1 Å². The molecule has 0 radical (unpaired) electrons. The second kappa shape index (κ2) is 12.6. The summed E-state index contributed by atoms with van der Waals surface area (Å²) in [6.07, 6.45) is 2.28. The highest BCUT2D eigenvalue weighted by molar-refractivity contribution is 6.35. The van der Waals surface area contributed by atoms with Gasteiger partial charge in [0.25, 0.3) is 5.91 Å². The number of fused-ring (bicyclic) bond motifs is 3. The van der Waals surface area contributed by atoms with E-state index in [2.05, 4.69) is 32.8 Å². The van der Waals surface area contributed by atoms with E-state index in [9.17, 15) is 4.79 Å². The van der Waals surface area contributed by atoms with Crippen LogP contribution in [-0.4, -0.2) is 71.7 Å². The van der Waals surface area contributed by atoms with Crippen LogP contribution in [-0.2, 0) is 13.0 Å². The number of likely N-dealkylation sites (N-methyl/N-ethyl adjacent to an activating group) is 1. The Hall–Kier alpha value is -3.33. The number of halogens is 2. The highest BCUT2D eigenvalue weighted by atomic mass is 35.5. The van der Waals surface area contributed by atoms with Gasteiger partial charge in [-0.05, 0) is 88.9 Å². The molecule has 4 heterocycles. The number of hydrogen-bond donors (Lipinski definition) is 1. The largest absolute Gasteiger partial charge is 0.494 e. The van der Waals surface area contributed by atoms with Crippen LogP contribution < -0.4 is 15.0 Å². The number of piperazine rings is 1. The van der Waals surface area contributed by atoms with Gasteiger partial charge in [-0.15, -0.1) is 0 Å². The van der Waals surface area contributed by atoms with Gasteiger partial charge in [0, 0.05) is 60.8 Å². The van der Waals surface area contributed by atoms with Gasteiger partial charge in [-0.1, -0.05) is 29.3 Å². The molecule has 8 nitrogen and oxygen atoms in total. The van der Waals surface area contributed by atoms with Crippen molar-refractivity contribution in [2.45, 2.75) is 53.5 Å². The Morgan fingerprint density at radius 3 is 2.30 bits per heavy atom. The van der Waals surface area contributed by atoms with Gasteiger partial charge < -0.3 is 24.4 Å². The van der Waals surface area contributed by atoms with Crippen LogP contribution in [0.3, 0.4) is 0 Å². The predicted molar refractivity (Wildman–Crippen MR) is 179 cm³/mol. The number of nitrogens with one attached hydrogen (secondary N) is 1. The van der Waals surface area contributed by atoms with Crippen molar-refractivity contribution in [1.82, 2.24) is 24.8 Å². The summed E-state index contributed by atoms with van der Waals surface area (Å²) in [5.41, 5.74) is 8.32.